The van der Waals surface area contributed by atoms with Gasteiger partial charge in [-0.3, -0.25) is 0 Å². The molecule has 0 radical (unpaired) electrons. The molecule has 0 unspecified atom stereocenters. The van der Waals surface area contributed by atoms with Gasteiger partial charge in [0, 0.05) is 49.0 Å². The number of fused-ring (bicyclic) bond motifs is 16. The van der Waals surface area contributed by atoms with Crippen LogP contribution < -0.4 is 9.80 Å². The average Bonchev–Trinajstić information content (AvgIpc) is 1.56. The summed E-state index contributed by atoms with van der Waals surface area (Å²) in [6, 6.07) is 98.0. The molecule has 16 rings (SSSR count). The molecular weight excluding hydrogens is 1070 g/mol. The lowest BCUT2D eigenvalue weighted by Gasteiger charge is -2.51. The SMILES string of the molecule is C[Si](C)(C)C1([Si](C)(C)C)c2cc(-c3ccc(N(c4ccccc4)c4cccc5c4oc4ccccc45)cc3)c3ccccc3c2-c2c1c1ccc(-c3ccc(N(c4ccccc4)c4cccc5c4oc4ccccc45)cc3)cc1c1ccccc21. The summed E-state index contributed by atoms with van der Waals surface area (Å²) in [4.78, 5) is 4.67. The smallest absolute Gasteiger partial charge is 0.159 e. The van der Waals surface area contributed by atoms with Crippen molar-refractivity contribution in [3.63, 3.8) is 0 Å². The Labute approximate surface area is 497 Å². The van der Waals surface area contributed by atoms with Crippen molar-refractivity contribution in [2.75, 3.05) is 9.80 Å². The maximum atomic E-state index is 6.69. The van der Waals surface area contributed by atoms with E-state index in [-0.39, 0.29) is 4.66 Å². The molecule has 15 aromatic rings. The van der Waals surface area contributed by atoms with Crippen LogP contribution in [-0.2, 0) is 4.66 Å². The van der Waals surface area contributed by atoms with E-state index >= 15 is 0 Å². The van der Waals surface area contributed by atoms with E-state index in [2.05, 4.69) is 304 Å². The molecule has 2 heterocycles. The first kappa shape index (κ1) is 51.0. The average molecular weight is 1130 g/mol. The predicted octanol–water partition coefficient (Wildman–Crippen LogP) is 23.2. The van der Waals surface area contributed by atoms with Crippen LogP contribution >= 0.6 is 0 Å². The molecule has 0 saturated heterocycles. The van der Waals surface area contributed by atoms with Gasteiger partial charge in [-0.25, -0.2) is 0 Å². The summed E-state index contributed by atoms with van der Waals surface area (Å²) >= 11 is 0. The Morgan fingerprint density at radius 3 is 1.22 bits per heavy atom. The van der Waals surface area contributed by atoms with Crippen LogP contribution in [0.2, 0.25) is 39.3 Å². The van der Waals surface area contributed by atoms with Gasteiger partial charge in [-0.1, -0.05) is 221 Å². The standard InChI is InChI=1S/C79H62N2O2Si2/c1-84(2,3)79(85(4,5)6)69-50-67(52-41-46-57(47-42-52)81(55-25-11-8-12-26-55)71-36-22-34-66-61-30-18-20-38-73(61)83-78(66)71)58-27-13-15-31-62(58)74(69)75-63-32-16-14-28-59(63)68-49-53(43-48-64(68)76(75)79)51-39-44-56(45-40-51)80(54-23-9-7-10-24-54)70-35-21-33-65-60-29-17-19-37-72(60)82-77(65)70/h7-50H,1-6H3. The Hall–Kier alpha value is -9.73. The Bertz CT molecular complexity index is 5130. The Kier molecular flexibility index (Phi) is 11.5. The van der Waals surface area contributed by atoms with E-state index in [1.54, 1.807) is 5.56 Å². The van der Waals surface area contributed by atoms with Gasteiger partial charge in [-0.05, 0) is 162 Å². The molecule has 408 valence electrons. The third kappa shape index (κ3) is 7.64. The fourth-order valence-electron chi connectivity index (χ4n) is 15.4. The van der Waals surface area contributed by atoms with Crippen LogP contribution in [0.5, 0.6) is 0 Å². The molecule has 13 aromatic carbocycles. The van der Waals surface area contributed by atoms with Gasteiger partial charge in [0.1, 0.15) is 11.2 Å². The molecule has 0 N–H and O–H groups in total. The first-order valence-electron chi connectivity index (χ1n) is 29.7. The predicted molar refractivity (Wildman–Crippen MR) is 367 cm³/mol. The number of para-hydroxylation sites is 6. The zero-order valence-electron chi connectivity index (χ0n) is 48.6. The van der Waals surface area contributed by atoms with Gasteiger partial charge in [0.05, 0.1) is 27.5 Å². The van der Waals surface area contributed by atoms with Crippen LogP contribution in [0.3, 0.4) is 0 Å². The van der Waals surface area contributed by atoms with Gasteiger partial charge in [0.15, 0.2) is 11.2 Å². The number of hydrogen-bond donors (Lipinski definition) is 0. The van der Waals surface area contributed by atoms with E-state index in [1.807, 2.05) is 12.1 Å². The second-order valence-electron chi connectivity index (χ2n) is 25.1. The van der Waals surface area contributed by atoms with Crippen LogP contribution in [-0.4, -0.2) is 16.1 Å². The summed E-state index contributed by atoms with van der Waals surface area (Å²) in [5, 5.41) is 12.4. The molecule has 0 fully saturated rings. The monoisotopic (exact) mass is 1130 g/mol. The van der Waals surface area contributed by atoms with Gasteiger partial charge in [0.25, 0.3) is 0 Å². The number of furan rings is 2. The second-order valence-corrected chi connectivity index (χ2v) is 36.1. The second kappa shape index (κ2) is 19.2. The summed E-state index contributed by atoms with van der Waals surface area (Å²) in [6.45, 7) is 15.9. The summed E-state index contributed by atoms with van der Waals surface area (Å²) < 4.78 is 13.2. The van der Waals surface area contributed by atoms with Crippen LogP contribution in [0.15, 0.2) is 276 Å². The molecule has 0 atom stereocenters. The van der Waals surface area contributed by atoms with Gasteiger partial charge >= 0.3 is 0 Å². The molecule has 85 heavy (non-hydrogen) atoms. The van der Waals surface area contributed by atoms with Gasteiger partial charge in [0.2, 0.25) is 0 Å². The van der Waals surface area contributed by atoms with E-state index in [0.717, 1.165) is 78.0 Å². The maximum absolute atomic E-state index is 6.69. The van der Waals surface area contributed by atoms with Crippen LogP contribution in [0.1, 0.15) is 11.1 Å². The Morgan fingerprint density at radius 1 is 0.294 bits per heavy atom. The molecule has 2 aromatic heterocycles. The zero-order valence-corrected chi connectivity index (χ0v) is 50.6. The highest BCUT2D eigenvalue weighted by Gasteiger charge is 2.60. The van der Waals surface area contributed by atoms with Crippen molar-refractivity contribution in [2.45, 2.75) is 43.9 Å². The minimum Gasteiger partial charge on any atom is -0.454 e. The quantitative estimate of drug-likeness (QED) is 0.101. The lowest BCUT2D eigenvalue weighted by atomic mass is 9.87. The van der Waals surface area contributed by atoms with E-state index in [4.69, 9.17) is 8.83 Å². The Balaban J connectivity index is 0.854. The van der Waals surface area contributed by atoms with Crippen molar-refractivity contribution < 1.29 is 8.83 Å². The van der Waals surface area contributed by atoms with Crippen molar-refractivity contribution in [1.82, 2.24) is 0 Å². The lowest BCUT2D eigenvalue weighted by Crippen LogP contribution is -2.63. The van der Waals surface area contributed by atoms with Crippen LogP contribution in [0.25, 0.3) is 110 Å². The first-order chi connectivity index (χ1) is 41.5. The van der Waals surface area contributed by atoms with E-state index in [9.17, 15) is 0 Å². The van der Waals surface area contributed by atoms with E-state index in [1.165, 1.54) is 71.3 Å². The third-order valence-electron chi connectivity index (χ3n) is 18.5. The molecule has 0 aliphatic heterocycles. The fourth-order valence-corrected chi connectivity index (χ4v) is 28.5. The molecule has 1 aliphatic carbocycles. The van der Waals surface area contributed by atoms with Gasteiger partial charge < -0.3 is 18.6 Å². The van der Waals surface area contributed by atoms with Crippen LogP contribution in [0, 0.1) is 0 Å². The Morgan fingerprint density at radius 2 is 0.706 bits per heavy atom. The molecule has 0 saturated carbocycles. The van der Waals surface area contributed by atoms with Crippen molar-refractivity contribution >= 4 is 126 Å². The van der Waals surface area contributed by atoms with E-state index < -0.39 is 16.1 Å². The van der Waals surface area contributed by atoms with Crippen molar-refractivity contribution in [1.29, 1.82) is 0 Å². The number of hydrogen-bond acceptors (Lipinski definition) is 4. The highest BCUT2D eigenvalue weighted by molar-refractivity contribution is 7.00. The largest absolute Gasteiger partial charge is 0.454 e. The molecule has 0 bridgehead atoms. The summed E-state index contributed by atoms with van der Waals surface area (Å²) in [7, 11) is -4.41. The number of anilines is 6. The molecule has 6 heteroatoms. The highest BCUT2D eigenvalue weighted by Crippen LogP contribution is 2.64. The minimum atomic E-state index is -2.21. The normalized spacial score (nSPS) is 13.2. The van der Waals surface area contributed by atoms with Crippen LogP contribution in [0.4, 0.5) is 34.1 Å². The van der Waals surface area contributed by atoms with Crippen molar-refractivity contribution in [3.05, 3.63) is 278 Å². The number of benzene rings is 13. The van der Waals surface area contributed by atoms with Crippen molar-refractivity contribution in [2.24, 2.45) is 0 Å². The summed E-state index contributed by atoms with van der Waals surface area (Å²) in [5.74, 6) is 0. The highest BCUT2D eigenvalue weighted by atomic mass is 28.4. The molecule has 4 nitrogen and oxygen atoms in total. The molecule has 0 amide bonds. The maximum Gasteiger partial charge on any atom is 0.159 e. The van der Waals surface area contributed by atoms with Gasteiger partial charge in [-0.2, -0.15) is 0 Å². The lowest BCUT2D eigenvalue weighted by molar-refractivity contribution is 0.668. The third-order valence-corrected chi connectivity index (χ3v) is 28.6. The summed E-state index contributed by atoms with van der Waals surface area (Å²) in [6.07, 6.45) is 0. The number of nitrogens with zero attached hydrogens (tertiary/aromatic N) is 2. The molecule has 1 aliphatic rings. The zero-order chi connectivity index (χ0) is 57.3. The first-order valence-corrected chi connectivity index (χ1v) is 36.7. The fraction of sp³-hybridized carbons (Fsp3) is 0.0886. The summed E-state index contributed by atoms with van der Waals surface area (Å²) in [5.41, 5.74) is 20.6. The topological polar surface area (TPSA) is 32.8 Å². The minimum absolute atomic E-state index is 0.159. The van der Waals surface area contributed by atoms with E-state index in [0.29, 0.717) is 0 Å². The van der Waals surface area contributed by atoms with Gasteiger partial charge in [-0.15, -0.1) is 0 Å². The molecular formula is C79H62N2O2Si2. The number of rotatable bonds is 10. The molecule has 0 spiro atoms. The van der Waals surface area contributed by atoms with Crippen molar-refractivity contribution in [3.8, 4) is 33.4 Å².